The molecule has 3 heterocycles. The topological polar surface area (TPSA) is 131 Å². The first-order chi connectivity index (χ1) is 15.8. The lowest BCUT2D eigenvalue weighted by atomic mass is 9.81. The van der Waals surface area contributed by atoms with Gasteiger partial charge in [0, 0.05) is 34.6 Å². The van der Waals surface area contributed by atoms with Crippen LogP contribution in [0.15, 0.2) is 29.2 Å². The number of benzene rings is 1. The van der Waals surface area contributed by atoms with E-state index in [0.29, 0.717) is 43.3 Å². The summed E-state index contributed by atoms with van der Waals surface area (Å²) in [5.74, 6) is -1.03. The number of hydrogen-bond acceptors (Lipinski definition) is 7. The van der Waals surface area contributed by atoms with Crippen LogP contribution in [0.4, 0.5) is 5.00 Å². The number of rotatable bonds is 5. The zero-order valence-corrected chi connectivity index (χ0v) is 21.4. The molecule has 9 nitrogen and oxygen atoms in total. The summed E-state index contributed by atoms with van der Waals surface area (Å²) in [4.78, 5) is 26.5. The molecular weight excluding hydrogens is 476 g/mol. The Labute approximate surface area is 203 Å². The molecule has 2 aliphatic heterocycles. The number of morpholine rings is 1. The Hall–Kier alpha value is -2.31. The molecule has 2 aliphatic rings. The molecule has 0 radical (unpaired) electrons. The SMILES string of the molecule is CC1(C)Cc2c(sc(NC(=O)c3ccc(S(=O)(=O)N4CCOCC4)cc3)c2C(N)=O)C(C)(C)N1. The molecular formula is C23H30N4O5S2. The van der Waals surface area contributed by atoms with Crippen molar-refractivity contribution in [2.75, 3.05) is 31.6 Å². The summed E-state index contributed by atoms with van der Waals surface area (Å²) >= 11 is 1.34. The van der Waals surface area contributed by atoms with E-state index in [2.05, 4.69) is 24.5 Å². The van der Waals surface area contributed by atoms with Gasteiger partial charge in [-0.1, -0.05) is 0 Å². The maximum Gasteiger partial charge on any atom is 0.256 e. The molecule has 0 bridgehead atoms. The summed E-state index contributed by atoms with van der Waals surface area (Å²) in [6, 6.07) is 5.77. The van der Waals surface area contributed by atoms with E-state index < -0.39 is 27.4 Å². The lowest BCUT2D eigenvalue weighted by Crippen LogP contribution is -2.55. The van der Waals surface area contributed by atoms with Crippen molar-refractivity contribution in [3.05, 3.63) is 45.8 Å². The van der Waals surface area contributed by atoms with E-state index in [1.807, 2.05) is 13.8 Å². The number of fused-ring (bicyclic) bond motifs is 1. The first-order valence-corrected chi connectivity index (χ1v) is 13.3. The molecule has 0 aliphatic carbocycles. The van der Waals surface area contributed by atoms with Crippen molar-refractivity contribution in [3.8, 4) is 0 Å². The summed E-state index contributed by atoms with van der Waals surface area (Å²) in [5.41, 5.74) is 6.55. The van der Waals surface area contributed by atoms with E-state index >= 15 is 0 Å². The van der Waals surface area contributed by atoms with Crippen molar-refractivity contribution in [2.24, 2.45) is 5.73 Å². The summed E-state index contributed by atoms with van der Waals surface area (Å²) < 4.78 is 32.2. The quantitative estimate of drug-likeness (QED) is 0.570. The van der Waals surface area contributed by atoms with Gasteiger partial charge in [-0.25, -0.2) is 8.42 Å². The predicted octanol–water partition coefficient (Wildman–Crippen LogP) is 2.28. The largest absolute Gasteiger partial charge is 0.379 e. The van der Waals surface area contributed by atoms with Gasteiger partial charge in [0.15, 0.2) is 0 Å². The van der Waals surface area contributed by atoms with E-state index in [1.165, 1.54) is 39.9 Å². The van der Waals surface area contributed by atoms with Gasteiger partial charge >= 0.3 is 0 Å². The van der Waals surface area contributed by atoms with Crippen LogP contribution in [0.2, 0.25) is 0 Å². The number of ether oxygens (including phenoxy) is 1. The van der Waals surface area contributed by atoms with Gasteiger partial charge in [-0.2, -0.15) is 4.31 Å². The second-order valence-corrected chi connectivity index (χ2v) is 12.7. The van der Waals surface area contributed by atoms with E-state index in [1.54, 1.807) is 0 Å². The lowest BCUT2D eigenvalue weighted by molar-refractivity contribution is 0.0730. The van der Waals surface area contributed by atoms with Gasteiger partial charge in [0.25, 0.3) is 11.8 Å². The zero-order valence-electron chi connectivity index (χ0n) is 19.7. The number of nitrogens with zero attached hydrogens (tertiary/aromatic N) is 1. The highest BCUT2D eigenvalue weighted by atomic mass is 32.2. The van der Waals surface area contributed by atoms with Gasteiger partial charge in [0.2, 0.25) is 10.0 Å². The number of sulfonamides is 1. The third-order valence-corrected chi connectivity index (χ3v) is 9.43. The lowest BCUT2D eigenvalue weighted by Gasteiger charge is -2.42. The van der Waals surface area contributed by atoms with Crippen molar-refractivity contribution in [1.29, 1.82) is 0 Å². The molecule has 1 aromatic carbocycles. The number of amides is 2. The van der Waals surface area contributed by atoms with Gasteiger partial charge in [0.05, 0.1) is 23.7 Å². The minimum absolute atomic E-state index is 0.116. The minimum atomic E-state index is -3.65. The smallest absolute Gasteiger partial charge is 0.256 e. The average molecular weight is 507 g/mol. The predicted molar refractivity (Wildman–Crippen MR) is 131 cm³/mol. The van der Waals surface area contributed by atoms with Gasteiger partial charge in [0.1, 0.15) is 5.00 Å². The number of thiophene rings is 1. The molecule has 1 aromatic heterocycles. The van der Waals surface area contributed by atoms with Crippen LogP contribution in [0.25, 0.3) is 0 Å². The number of nitrogens with two attached hydrogens (primary N) is 1. The zero-order chi connectivity index (χ0) is 24.9. The second-order valence-electron chi connectivity index (χ2n) is 9.78. The molecule has 0 spiro atoms. The Balaban J connectivity index is 1.60. The monoisotopic (exact) mass is 506 g/mol. The molecule has 4 rings (SSSR count). The van der Waals surface area contributed by atoms with Crippen molar-refractivity contribution in [3.63, 3.8) is 0 Å². The number of carbonyl (C=O) groups is 2. The second kappa shape index (κ2) is 8.72. The Morgan fingerprint density at radius 3 is 2.32 bits per heavy atom. The fraction of sp³-hybridized carbons (Fsp3) is 0.478. The molecule has 1 saturated heterocycles. The van der Waals surface area contributed by atoms with Crippen LogP contribution in [-0.4, -0.2) is 56.4 Å². The molecule has 0 saturated carbocycles. The van der Waals surface area contributed by atoms with Crippen LogP contribution in [0.3, 0.4) is 0 Å². The van der Waals surface area contributed by atoms with Crippen LogP contribution in [0.5, 0.6) is 0 Å². The molecule has 2 amide bonds. The minimum Gasteiger partial charge on any atom is -0.379 e. The molecule has 34 heavy (non-hydrogen) atoms. The van der Waals surface area contributed by atoms with E-state index in [4.69, 9.17) is 10.5 Å². The first kappa shape index (κ1) is 24.8. The van der Waals surface area contributed by atoms with E-state index in [9.17, 15) is 18.0 Å². The number of hydrogen-bond donors (Lipinski definition) is 3. The molecule has 11 heteroatoms. The molecule has 184 valence electrons. The van der Waals surface area contributed by atoms with Gasteiger partial charge in [-0.15, -0.1) is 11.3 Å². The van der Waals surface area contributed by atoms with E-state index in [0.717, 1.165) is 10.4 Å². The number of carbonyl (C=O) groups excluding carboxylic acids is 2. The number of nitrogens with one attached hydrogen (secondary N) is 2. The molecule has 2 aromatic rings. The number of anilines is 1. The van der Waals surface area contributed by atoms with Crippen LogP contribution >= 0.6 is 11.3 Å². The maximum absolute atomic E-state index is 13.0. The van der Waals surface area contributed by atoms with Crippen LogP contribution < -0.4 is 16.4 Å². The highest BCUT2D eigenvalue weighted by Crippen LogP contribution is 2.45. The Bertz CT molecular complexity index is 1230. The highest BCUT2D eigenvalue weighted by Gasteiger charge is 2.41. The third-order valence-electron chi connectivity index (χ3n) is 6.04. The van der Waals surface area contributed by atoms with Gasteiger partial charge in [-0.05, 0) is 63.9 Å². The molecule has 0 unspecified atom stereocenters. The maximum atomic E-state index is 13.0. The fourth-order valence-electron chi connectivity index (χ4n) is 4.77. The Kier molecular flexibility index (Phi) is 6.36. The highest BCUT2D eigenvalue weighted by molar-refractivity contribution is 7.89. The van der Waals surface area contributed by atoms with E-state index in [-0.39, 0.29) is 16.0 Å². The van der Waals surface area contributed by atoms with Crippen LogP contribution in [-0.2, 0) is 26.7 Å². The number of primary amides is 1. The molecule has 1 fully saturated rings. The third kappa shape index (κ3) is 4.63. The summed E-state index contributed by atoms with van der Waals surface area (Å²) in [5, 5.41) is 6.81. The average Bonchev–Trinajstić information content (AvgIpc) is 3.11. The molecule has 0 atom stereocenters. The Morgan fingerprint density at radius 2 is 1.74 bits per heavy atom. The van der Waals surface area contributed by atoms with Crippen molar-refractivity contribution >= 4 is 38.2 Å². The Morgan fingerprint density at radius 1 is 1.12 bits per heavy atom. The van der Waals surface area contributed by atoms with Crippen molar-refractivity contribution in [2.45, 2.75) is 50.1 Å². The fourth-order valence-corrected chi connectivity index (χ4v) is 7.45. The van der Waals surface area contributed by atoms with Crippen molar-refractivity contribution in [1.82, 2.24) is 9.62 Å². The van der Waals surface area contributed by atoms with Gasteiger partial charge < -0.3 is 21.1 Å². The van der Waals surface area contributed by atoms with Crippen LogP contribution in [0.1, 0.15) is 58.9 Å². The van der Waals surface area contributed by atoms with Crippen molar-refractivity contribution < 1.29 is 22.7 Å². The summed E-state index contributed by atoms with van der Waals surface area (Å²) in [6.07, 6.45) is 0.602. The van der Waals surface area contributed by atoms with Gasteiger partial charge in [-0.3, -0.25) is 9.59 Å². The normalized spacial score (nSPS) is 19.9. The summed E-state index contributed by atoms with van der Waals surface area (Å²) in [6.45, 7) is 9.50. The van der Waals surface area contributed by atoms with Crippen LogP contribution in [0, 0.1) is 0 Å². The molecule has 4 N–H and O–H groups in total. The summed E-state index contributed by atoms with van der Waals surface area (Å²) in [7, 11) is -3.65. The standard InChI is InChI=1S/C23H30N4O5S2/c1-22(2)13-16-17(19(24)28)21(33-18(16)23(3,4)26-22)25-20(29)14-5-7-15(8-6-14)34(30,31)27-9-11-32-12-10-27/h5-8,26H,9-13H2,1-4H3,(H2,24,28)(H,25,29). The first-order valence-electron chi connectivity index (χ1n) is 11.1.